The molecule has 0 saturated carbocycles. The minimum absolute atomic E-state index is 0.0264. The normalized spacial score (nSPS) is 13.8. The Kier molecular flexibility index (Phi) is 8.60. The second kappa shape index (κ2) is 14.3. The zero-order valence-corrected chi connectivity index (χ0v) is 36.7. The molecule has 0 bridgehead atoms. The average molecular weight is 815 g/mol. The Hall–Kier alpha value is -6.91. The van der Waals surface area contributed by atoms with Crippen LogP contribution in [0.15, 0.2) is 164 Å². The molecule has 0 amide bonds. The molecule has 0 aromatic heterocycles. The van der Waals surface area contributed by atoms with Crippen molar-refractivity contribution in [2.75, 3.05) is 9.80 Å². The number of fused-ring (bicyclic) bond motifs is 8. The summed E-state index contributed by atoms with van der Waals surface area (Å²) in [6.45, 7) is 13.6. The minimum atomic E-state index is -0.0726. The van der Waals surface area contributed by atoms with Crippen molar-refractivity contribution in [3.63, 3.8) is 0 Å². The Morgan fingerprint density at radius 2 is 0.873 bits per heavy atom. The van der Waals surface area contributed by atoms with Gasteiger partial charge < -0.3 is 19.3 Å². The van der Waals surface area contributed by atoms with Crippen LogP contribution in [0, 0.1) is 0 Å². The van der Waals surface area contributed by atoms with Crippen molar-refractivity contribution in [1.29, 1.82) is 0 Å². The third-order valence-electron chi connectivity index (χ3n) is 13.9. The highest BCUT2D eigenvalue weighted by molar-refractivity contribution is 7.02. The summed E-state index contributed by atoms with van der Waals surface area (Å²) in [4.78, 5) is 5.05. The summed E-state index contributed by atoms with van der Waals surface area (Å²) in [6, 6.07) is 60.8. The molecule has 8 aromatic carbocycles. The molecule has 304 valence electrons. The SMILES string of the molecule is CC(C)c1ccc(N2c3ccccc3B3c4cc5c(cc4N(c4ccc(C(C)C)cc4)c4cc(C(C)C)cc2c43)Oc2cc(-c3ccccc3)cc3c2B5c2ccccc2O3)cc1. The molecule has 4 heterocycles. The number of nitrogens with zero attached hydrogens (tertiary/aromatic N) is 2. The summed E-state index contributed by atoms with van der Waals surface area (Å²) in [5.74, 6) is 4.64. The first-order valence-corrected chi connectivity index (χ1v) is 22.6. The summed E-state index contributed by atoms with van der Waals surface area (Å²) in [5, 5.41) is 0. The third kappa shape index (κ3) is 5.84. The Morgan fingerprint density at radius 3 is 1.49 bits per heavy atom. The van der Waals surface area contributed by atoms with E-state index in [9.17, 15) is 0 Å². The van der Waals surface area contributed by atoms with Gasteiger partial charge in [-0.2, -0.15) is 0 Å². The van der Waals surface area contributed by atoms with E-state index in [1.165, 1.54) is 55.8 Å². The first kappa shape index (κ1) is 37.8. The van der Waals surface area contributed by atoms with Crippen molar-refractivity contribution < 1.29 is 9.47 Å². The zero-order chi connectivity index (χ0) is 42.7. The van der Waals surface area contributed by atoms with E-state index in [-0.39, 0.29) is 13.4 Å². The maximum atomic E-state index is 7.21. The molecule has 0 atom stereocenters. The van der Waals surface area contributed by atoms with Crippen LogP contribution in [0.5, 0.6) is 23.0 Å². The second-order valence-electron chi connectivity index (χ2n) is 18.7. The number of hydrogen-bond donors (Lipinski definition) is 0. The fourth-order valence-corrected chi connectivity index (χ4v) is 10.6. The minimum Gasteiger partial charge on any atom is -0.458 e. The molecule has 0 unspecified atom stereocenters. The van der Waals surface area contributed by atoms with Crippen LogP contribution in [0.2, 0.25) is 0 Å². The van der Waals surface area contributed by atoms with E-state index in [2.05, 4.69) is 215 Å². The van der Waals surface area contributed by atoms with Gasteiger partial charge in [-0.25, -0.2) is 0 Å². The molecule has 4 aliphatic rings. The van der Waals surface area contributed by atoms with Gasteiger partial charge in [-0.15, -0.1) is 0 Å². The van der Waals surface area contributed by atoms with Crippen LogP contribution in [-0.2, 0) is 0 Å². The van der Waals surface area contributed by atoms with Crippen molar-refractivity contribution in [2.45, 2.75) is 59.3 Å². The molecule has 4 nitrogen and oxygen atoms in total. The van der Waals surface area contributed by atoms with E-state index >= 15 is 0 Å². The number of rotatable bonds is 6. The number of hydrogen-bond acceptors (Lipinski definition) is 4. The molecule has 8 aromatic rings. The van der Waals surface area contributed by atoms with Crippen molar-refractivity contribution in [3.8, 4) is 34.1 Å². The highest BCUT2D eigenvalue weighted by Gasteiger charge is 2.47. The van der Waals surface area contributed by atoms with Gasteiger partial charge in [0.15, 0.2) is 0 Å². The van der Waals surface area contributed by atoms with Crippen molar-refractivity contribution in [2.24, 2.45) is 0 Å². The van der Waals surface area contributed by atoms with E-state index in [0.29, 0.717) is 17.8 Å². The average Bonchev–Trinajstić information content (AvgIpc) is 3.31. The number of anilines is 6. The lowest BCUT2D eigenvalue weighted by molar-refractivity contribution is 0.465. The highest BCUT2D eigenvalue weighted by atomic mass is 16.5. The molecule has 0 spiro atoms. The second-order valence-corrected chi connectivity index (χ2v) is 18.7. The standard InChI is InChI=1S/C57H48B2N2O2/c1-34(2)37-20-24-42(25-21-37)60-48-18-12-10-16-44(48)58-46-32-47-53(33-49(46)61(43-26-22-38(23-27-43)35(3)4)51-29-40(36(5)6)28-50(60)56(51)58)63-55-31-41(39-14-8-7-9-15-39)30-54-57(55)59(47)45-17-11-13-19-52(45)62-54/h7-36H,1-6H3. The van der Waals surface area contributed by atoms with Crippen molar-refractivity contribution >= 4 is 80.3 Å². The van der Waals surface area contributed by atoms with Gasteiger partial charge in [0.2, 0.25) is 0 Å². The Morgan fingerprint density at radius 1 is 0.349 bits per heavy atom. The predicted molar refractivity (Wildman–Crippen MR) is 266 cm³/mol. The molecule has 12 rings (SSSR count). The predicted octanol–water partition coefficient (Wildman–Crippen LogP) is 11.5. The summed E-state index contributed by atoms with van der Waals surface area (Å²) < 4.78 is 14.0. The number of ether oxygens (including phenoxy) is 2. The summed E-state index contributed by atoms with van der Waals surface area (Å²) in [7, 11) is 0. The van der Waals surface area contributed by atoms with Gasteiger partial charge in [0, 0.05) is 45.7 Å². The van der Waals surface area contributed by atoms with Crippen LogP contribution in [0.3, 0.4) is 0 Å². The first-order chi connectivity index (χ1) is 30.7. The van der Waals surface area contributed by atoms with Crippen molar-refractivity contribution in [3.05, 3.63) is 180 Å². The van der Waals surface area contributed by atoms with E-state index < -0.39 is 0 Å². The molecule has 0 radical (unpaired) electrons. The van der Waals surface area contributed by atoms with Gasteiger partial charge in [0.1, 0.15) is 23.0 Å². The number of para-hydroxylation sites is 2. The third-order valence-corrected chi connectivity index (χ3v) is 13.9. The molecule has 0 fully saturated rings. The molecule has 6 heteroatoms. The van der Waals surface area contributed by atoms with Crippen LogP contribution in [0.25, 0.3) is 11.1 Å². The van der Waals surface area contributed by atoms with Crippen molar-refractivity contribution in [1.82, 2.24) is 0 Å². The van der Waals surface area contributed by atoms with Gasteiger partial charge in [0.25, 0.3) is 13.4 Å². The maximum Gasteiger partial charge on any atom is 0.260 e. The van der Waals surface area contributed by atoms with Gasteiger partial charge in [-0.1, -0.05) is 139 Å². The molecule has 63 heavy (non-hydrogen) atoms. The maximum absolute atomic E-state index is 7.21. The molecule has 0 N–H and O–H groups in total. The van der Waals surface area contributed by atoms with Crippen LogP contribution < -0.4 is 52.1 Å². The van der Waals surface area contributed by atoms with E-state index in [0.717, 1.165) is 61.9 Å². The fourth-order valence-electron chi connectivity index (χ4n) is 10.6. The van der Waals surface area contributed by atoms with Gasteiger partial charge in [0.05, 0.1) is 0 Å². The van der Waals surface area contributed by atoms with Crippen LogP contribution in [0.1, 0.15) is 76.0 Å². The lowest BCUT2D eigenvalue weighted by atomic mass is 9.31. The van der Waals surface area contributed by atoms with Crippen LogP contribution >= 0.6 is 0 Å². The van der Waals surface area contributed by atoms with E-state index in [1.54, 1.807) is 0 Å². The monoisotopic (exact) mass is 814 g/mol. The number of benzene rings is 8. The molecule has 0 aliphatic carbocycles. The zero-order valence-electron chi connectivity index (χ0n) is 36.7. The summed E-state index contributed by atoms with van der Waals surface area (Å²) >= 11 is 0. The highest BCUT2D eigenvalue weighted by Crippen LogP contribution is 2.47. The van der Waals surface area contributed by atoms with E-state index in [4.69, 9.17) is 9.47 Å². The lowest BCUT2D eigenvalue weighted by Gasteiger charge is -2.45. The smallest absolute Gasteiger partial charge is 0.260 e. The van der Waals surface area contributed by atoms with Gasteiger partial charge >= 0.3 is 0 Å². The summed E-state index contributed by atoms with van der Waals surface area (Å²) in [6.07, 6.45) is 0. The Bertz CT molecular complexity index is 3120. The molecule has 4 aliphatic heterocycles. The Labute approximate surface area is 371 Å². The first-order valence-electron chi connectivity index (χ1n) is 22.6. The summed E-state index contributed by atoms with van der Waals surface area (Å²) in [5.41, 5.74) is 20.6. The largest absolute Gasteiger partial charge is 0.458 e. The van der Waals surface area contributed by atoms with E-state index in [1.807, 2.05) is 0 Å². The quantitative estimate of drug-likeness (QED) is 0.156. The molecular weight excluding hydrogens is 766 g/mol. The van der Waals surface area contributed by atoms with Crippen LogP contribution in [-0.4, -0.2) is 13.4 Å². The Balaban J connectivity index is 1.14. The molecule has 0 saturated heterocycles. The van der Waals surface area contributed by atoms with Gasteiger partial charge in [-0.05, 0) is 134 Å². The fraction of sp³-hybridized carbons (Fsp3) is 0.158. The molecular formula is C57H48B2N2O2. The van der Waals surface area contributed by atoms with Gasteiger partial charge in [-0.3, -0.25) is 0 Å². The topological polar surface area (TPSA) is 24.9 Å². The van der Waals surface area contributed by atoms with Crippen LogP contribution in [0.4, 0.5) is 34.1 Å². The lowest BCUT2D eigenvalue weighted by Crippen LogP contribution is -2.64.